The Balaban J connectivity index is -0.0000000408. The van der Waals surface area contributed by atoms with E-state index in [1.165, 1.54) is 0 Å². The number of carbonyl (C=O) groups is 1. The van der Waals surface area contributed by atoms with E-state index in [0.29, 0.717) is 0 Å². The first kappa shape index (κ1) is 17.7. The molecule has 0 spiro atoms. The van der Waals surface area contributed by atoms with E-state index in [9.17, 15) is 4.79 Å². The van der Waals surface area contributed by atoms with Gasteiger partial charge in [-0.3, -0.25) is 0 Å². The van der Waals surface area contributed by atoms with Gasteiger partial charge in [0.1, 0.15) is 0 Å². The summed E-state index contributed by atoms with van der Waals surface area (Å²) < 4.78 is 3.79. The zero-order valence-electron chi connectivity index (χ0n) is 6.80. The van der Waals surface area contributed by atoms with Gasteiger partial charge in [-0.05, 0) is 0 Å². The number of hydrogen-bond acceptors (Lipinski definition) is 4. The molecular weight excluding hydrogens is 247 g/mol. The second-order valence-electron chi connectivity index (χ2n) is 1.39. The van der Waals surface area contributed by atoms with Crippen molar-refractivity contribution in [2.75, 3.05) is 0 Å². The molecular formula is C3H10AlBrCaO4. The average molecular weight is 257 g/mol. The van der Waals surface area contributed by atoms with Crippen LogP contribution >= 0.6 is 16.3 Å². The van der Waals surface area contributed by atoms with E-state index < -0.39 is 11.8 Å². The van der Waals surface area contributed by atoms with Crippen LogP contribution in [0.3, 0.4) is 0 Å². The number of halogens is 1. The van der Waals surface area contributed by atoms with E-state index in [0.717, 1.165) is 6.92 Å². The minimum Gasteiger partial charge on any atom is -1.00 e. The summed E-state index contributed by atoms with van der Waals surface area (Å²) in [4.78, 5) is 10.1. The smallest absolute Gasteiger partial charge is 1.00 e. The van der Waals surface area contributed by atoms with E-state index in [1.54, 1.807) is 0 Å². The molecule has 0 rings (SSSR count). The summed E-state index contributed by atoms with van der Waals surface area (Å²) in [6.07, 6.45) is 0. The summed E-state index contributed by atoms with van der Waals surface area (Å²) in [7, 11) is 0. The topological polar surface area (TPSA) is 66.8 Å². The Labute approximate surface area is 110 Å². The van der Waals surface area contributed by atoms with Crippen molar-refractivity contribution in [1.82, 2.24) is 0 Å². The molecule has 0 aliphatic rings. The Morgan fingerprint density at radius 3 is 2.00 bits per heavy atom. The van der Waals surface area contributed by atoms with Crippen molar-refractivity contribution in [2.24, 2.45) is 0 Å². The van der Waals surface area contributed by atoms with Crippen molar-refractivity contribution in [3.8, 4) is 0 Å². The quantitative estimate of drug-likeness (QED) is 0.429. The van der Waals surface area contributed by atoms with Crippen molar-refractivity contribution in [3.63, 3.8) is 0 Å². The molecule has 0 bridgehead atoms. The normalized spacial score (nSPS) is 8.80. The van der Waals surface area contributed by atoms with E-state index >= 15 is 0 Å². The van der Waals surface area contributed by atoms with Gasteiger partial charge in [-0.15, -0.1) is 0 Å². The van der Waals surface area contributed by atoms with Crippen LogP contribution in [0.15, 0.2) is 0 Å². The molecule has 58 valence electrons. The Bertz CT molecular complexity index is 111. The maximum absolute atomic E-state index is 10.1. The summed E-state index contributed by atoms with van der Waals surface area (Å²) in [6.45, 7) is 0.899. The van der Waals surface area contributed by atoms with Crippen LogP contribution < -0.4 is 0 Å². The minimum absolute atomic E-state index is 0. The summed E-state index contributed by atoms with van der Waals surface area (Å²) >= 11 is 2.28. The van der Waals surface area contributed by atoms with Gasteiger partial charge in [-0.2, -0.15) is 0 Å². The molecule has 0 fully saturated rings. The fraction of sp³-hybridized carbons (Fsp3) is 0.667. The fourth-order valence-corrected chi connectivity index (χ4v) is 0.380. The third-order valence-electron chi connectivity index (χ3n) is 0.457. The van der Waals surface area contributed by atoms with Gasteiger partial charge in [-0.25, -0.2) is 4.79 Å². The van der Waals surface area contributed by atoms with Crippen LogP contribution in [0.4, 0.5) is 0 Å². The van der Waals surface area contributed by atoms with Gasteiger partial charge in [0.25, 0.3) is 5.79 Å². The fourth-order valence-electron chi connectivity index (χ4n) is 0.0731. The van der Waals surface area contributed by atoms with Crippen LogP contribution in [0.1, 0.15) is 9.78 Å². The van der Waals surface area contributed by atoms with E-state index in [2.05, 4.69) is 20.1 Å². The van der Waals surface area contributed by atoms with Crippen LogP contribution in [-0.4, -0.2) is 77.1 Å². The summed E-state index contributed by atoms with van der Waals surface area (Å²) in [5, 5.41) is 16.7. The molecule has 0 heterocycles. The van der Waals surface area contributed by atoms with E-state index in [4.69, 9.17) is 10.2 Å². The number of aliphatic hydroxyl groups is 2. The number of carbonyl (C=O) groups excluding carboxylic acids is 1. The van der Waals surface area contributed by atoms with Crippen LogP contribution in [0.5, 0.6) is 0 Å². The molecule has 0 atom stereocenters. The van der Waals surface area contributed by atoms with E-state index in [-0.39, 0.29) is 58.0 Å². The van der Waals surface area contributed by atoms with Gasteiger partial charge in [0, 0.05) is 6.92 Å². The van der Waals surface area contributed by atoms with Gasteiger partial charge in [0.2, 0.25) is 0 Å². The van der Waals surface area contributed by atoms with Crippen LogP contribution in [0, 0.1) is 0 Å². The standard InChI is InChI=1S/C3H5BrO4.Al.Ca.5H/c1-3(6,7)2(5)8-4;;;;;;;/h6-7H,1H3;;;;;;;/q;;+2;;;;2*-1. The molecule has 0 saturated heterocycles. The zero-order chi connectivity index (χ0) is 6.78. The number of hydrogen-bond donors (Lipinski definition) is 2. The van der Waals surface area contributed by atoms with Gasteiger partial charge in [0.15, 0.2) is 33.6 Å². The molecule has 2 N–H and O–H groups in total. The summed E-state index contributed by atoms with van der Waals surface area (Å²) in [6, 6.07) is 0. The molecule has 0 aromatic heterocycles. The van der Waals surface area contributed by atoms with Crippen LogP contribution in [0.25, 0.3) is 0 Å². The largest absolute Gasteiger partial charge is 2.00 e. The van der Waals surface area contributed by atoms with Crippen molar-refractivity contribution in [2.45, 2.75) is 12.7 Å². The minimum atomic E-state index is -2.40. The molecule has 7 heteroatoms. The van der Waals surface area contributed by atoms with Gasteiger partial charge in [0.05, 0.1) is 0 Å². The Kier molecular flexibility index (Phi) is 12.9. The molecule has 0 radical (unpaired) electrons. The second kappa shape index (κ2) is 7.32. The first-order valence-electron chi connectivity index (χ1n) is 1.76. The summed E-state index contributed by atoms with van der Waals surface area (Å²) in [5.74, 6) is -3.54. The third-order valence-corrected chi connectivity index (χ3v) is 0.751. The predicted molar refractivity (Wildman–Crippen MR) is 45.8 cm³/mol. The van der Waals surface area contributed by atoms with Crippen molar-refractivity contribution in [1.29, 1.82) is 0 Å². The van der Waals surface area contributed by atoms with Gasteiger partial charge < -0.3 is 16.9 Å². The first-order chi connectivity index (χ1) is 3.48. The SMILES string of the molecule is CC(O)(O)C(=O)OBr.[AlH3].[Ca+2].[H-].[H-]. The average Bonchev–Trinajstić information content (AvgIpc) is 1.62. The van der Waals surface area contributed by atoms with Crippen LogP contribution in [0.2, 0.25) is 0 Å². The van der Waals surface area contributed by atoms with E-state index in [1.807, 2.05) is 0 Å². The Morgan fingerprint density at radius 1 is 1.70 bits per heavy atom. The summed E-state index contributed by atoms with van der Waals surface area (Å²) in [5.41, 5.74) is 0. The van der Waals surface area contributed by atoms with Crippen molar-refractivity contribution in [3.05, 3.63) is 0 Å². The molecule has 0 aliphatic carbocycles. The number of rotatable bonds is 1. The maximum atomic E-state index is 10.1. The molecule has 0 saturated carbocycles. The maximum Gasteiger partial charge on any atom is 2.00 e. The van der Waals surface area contributed by atoms with Crippen LogP contribution in [-0.2, 0) is 8.62 Å². The molecule has 10 heavy (non-hydrogen) atoms. The molecule has 0 aromatic rings. The van der Waals surface area contributed by atoms with Gasteiger partial charge >= 0.3 is 43.7 Å². The van der Waals surface area contributed by atoms with Crippen molar-refractivity contribution >= 4 is 77.3 Å². The second-order valence-corrected chi connectivity index (χ2v) is 1.71. The molecule has 0 aliphatic heterocycles. The third kappa shape index (κ3) is 7.77. The van der Waals surface area contributed by atoms with Gasteiger partial charge in [-0.1, -0.05) is 0 Å². The Hall–Kier alpha value is 1.66. The molecule has 0 amide bonds. The van der Waals surface area contributed by atoms with Crippen molar-refractivity contribution < 1.29 is 21.7 Å². The Morgan fingerprint density at radius 2 is 2.00 bits per heavy atom. The zero-order valence-corrected chi connectivity index (χ0v) is 8.59. The first-order valence-corrected chi connectivity index (χ1v) is 2.41. The monoisotopic (exact) mass is 256 g/mol. The molecule has 0 unspecified atom stereocenters. The predicted octanol–water partition coefficient (Wildman–Crippen LogP) is -1.80. The molecule has 0 aromatic carbocycles. The molecule has 4 nitrogen and oxygen atoms in total.